The number of alkyl halides is 1. The molecular formula is C13H18FN3O3. The fourth-order valence-electron chi connectivity index (χ4n) is 2.10. The molecule has 1 aromatic heterocycles. The summed E-state index contributed by atoms with van der Waals surface area (Å²) < 4.78 is 20.1. The van der Waals surface area contributed by atoms with Crippen molar-refractivity contribution >= 4 is 12.0 Å². The average molecular weight is 283 g/mol. The van der Waals surface area contributed by atoms with Gasteiger partial charge in [0.15, 0.2) is 0 Å². The van der Waals surface area contributed by atoms with Crippen molar-refractivity contribution in [3.63, 3.8) is 0 Å². The summed E-state index contributed by atoms with van der Waals surface area (Å²) in [4.78, 5) is 29.2. The minimum absolute atomic E-state index is 0.0176. The summed E-state index contributed by atoms with van der Waals surface area (Å²) in [5.74, 6) is -0.381. The molecule has 2 atom stereocenters. The van der Waals surface area contributed by atoms with Crippen molar-refractivity contribution in [3.05, 3.63) is 18.7 Å². The van der Waals surface area contributed by atoms with Crippen molar-refractivity contribution < 1.29 is 18.7 Å². The summed E-state index contributed by atoms with van der Waals surface area (Å²) in [5.41, 5.74) is -0.686. The molecule has 0 aliphatic carbocycles. The lowest BCUT2D eigenvalue weighted by atomic mass is 10.2. The number of halogens is 1. The number of rotatable bonds is 1. The Morgan fingerprint density at radius 2 is 2.10 bits per heavy atom. The number of carbonyl (C=O) groups excluding carboxylic acids is 2. The zero-order chi connectivity index (χ0) is 14.9. The zero-order valence-corrected chi connectivity index (χ0v) is 11.7. The van der Waals surface area contributed by atoms with Crippen LogP contribution in [0, 0.1) is 0 Å². The second kappa shape index (κ2) is 5.22. The molecule has 7 heteroatoms. The Hall–Kier alpha value is -1.92. The third-order valence-electron chi connectivity index (χ3n) is 2.92. The van der Waals surface area contributed by atoms with Crippen LogP contribution in [-0.2, 0) is 4.74 Å². The number of hydrogen-bond acceptors (Lipinski definition) is 4. The molecule has 0 aromatic carbocycles. The van der Waals surface area contributed by atoms with E-state index < -0.39 is 23.9 Å². The van der Waals surface area contributed by atoms with Crippen molar-refractivity contribution in [2.24, 2.45) is 0 Å². The van der Waals surface area contributed by atoms with E-state index in [2.05, 4.69) is 4.98 Å². The van der Waals surface area contributed by atoms with E-state index in [0.717, 1.165) is 4.90 Å². The van der Waals surface area contributed by atoms with E-state index in [0.29, 0.717) is 0 Å². The van der Waals surface area contributed by atoms with Crippen LogP contribution in [0.3, 0.4) is 0 Å². The van der Waals surface area contributed by atoms with E-state index in [1.165, 1.54) is 23.3 Å². The van der Waals surface area contributed by atoms with Gasteiger partial charge in [-0.1, -0.05) is 0 Å². The molecule has 1 aliphatic rings. The second-order valence-electron chi connectivity index (χ2n) is 5.79. The van der Waals surface area contributed by atoms with Gasteiger partial charge < -0.3 is 4.74 Å². The van der Waals surface area contributed by atoms with Crippen molar-refractivity contribution in [2.75, 3.05) is 6.54 Å². The monoisotopic (exact) mass is 283 g/mol. The number of carbonyl (C=O) groups is 2. The highest BCUT2D eigenvalue weighted by atomic mass is 19.1. The molecule has 1 fully saturated rings. The maximum atomic E-state index is 13.6. The van der Waals surface area contributed by atoms with Crippen molar-refractivity contribution in [2.45, 2.75) is 45.0 Å². The lowest BCUT2D eigenvalue weighted by Gasteiger charge is -2.27. The molecule has 2 heterocycles. The van der Waals surface area contributed by atoms with Crippen LogP contribution in [-0.4, -0.2) is 50.8 Å². The first-order valence-corrected chi connectivity index (χ1v) is 6.44. The van der Waals surface area contributed by atoms with E-state index in [9.17, 15) is 14.0 Å². The lowest BCUT2D eigenvalue weighted by molar-refractivity contribution is 0.0203. The van der Waals surface area contributed by atoms with Crippen molar-refractivity contribution in [1.82, 2.24) is 14.5 Å². The molecule has 0 N–H and O–H groups in total. The van der Waals surface area contributed by atoms with E-state index in [4.69, 9.17) is 4.74 Å². The Morgan fingerprint density at radius 1 is 1.40 bits per heavy atom. The quantitative estimate of drug-likeness (QED) is 0.789. The minimum Gasteiger partial charge on any atom is -0.444 e. The number of imidazole rings is 1. The largest absolute Gasteiger partial charge is 0.444 e. The molecule has 20 heavy (non-hydrogen) atoms. The maximum absolute atomic E-state index is 13.6. The van der Waals surface area contributed by atoms with Gasteiger partial charge >= 0.3 is 6.09 Å². The number of ether oxygens (including phenoxy) is 1. The topological polar surface area (TPSA) is 64.4 Å². The van der Waals surface area contributed by atoms with E-state index in [1.807, 2.05) is 0 Å². The lowest BCUT2D eigenvalue weighted by Crippen LogP contribution is -2.44. The summed E-state index contributed by atoms with van der Waals surface area (Å²) in [5, 5.41) is 0. The third-order valence-corrected chi connectivity index (χ3v) is 2.92. The standard InChI is InChI=1S/C13H18FN3O3/c1-13(2,3)20-12(19)17-7-9(14)6-10(17)11(18)16-5-4-15-8-16/h4-5,8-10H,6-7H2,1-3H3/t9?,10-/m1/s1. The molecular weight excluding hydrogens is 265 g/mol. The van der Waals surface area contributed by atoms with Crippen LogP contribution in [0.2, 0.25) is 0 Å². The van der Waals surface area contributed by atoms with Gasteiger partial charge in [-0.15, -0.1) is 0 Å². The summed E-state index contributed by atoms with van der Waals surface area (Å²) in [6, 6.07) is -0.853. The minimum atomic E-state index is -1.22. The van der Waals surface area contributed by atoms with E-state index >= 15 is 0 Å². The van der Waals surface area contributed by atoms with Gasteiger partial charge in [0.1, 0.15) is 24.1 Å². The summed E-state index contributed by atoms with van der Waals surface area (Å²) >= 11 is 0. The van der Waals surface area contributed by atoms with Crippen molar-refractivity contribution in [3.8, 4) is 0 Å². The Kier molecular flexibility index (Phi) is 3.78. The number of hydrogen-bond donors (Lipinski definition) is 0. The van der Waals surface area contributed by atoms with Gasteiger partial charge in [0.2, 0.25) is 0 Å². The van der Waals surface area contributed by atoms with Gasteiger partial charge in [-0.05, 0) is 20.8 Å². The second-order valence-corrected chi connectivity index (χ2v) is 5.79. The molecule has 1 unspecified atom stereocenters. The highest BCUT2D eigenvalue weighted by molar-refractivity contribution is 5.88. The Morgan fingerprint density at radius 3 is 2.65 bits per heavy atom. The SMILES string of the molecule is CC(C)(C)OC(=O)N1CC(F)C[C@@H]1C(=O)n1ccnc1. The number of nitrogens with zero attached hydrogens (tertiary/aromatic N) is 3. The third kappa shape index (κ3) is 3.15. The van der Waals surface area contributed by atoms with Gasteiger partial charge in [0.05, 0.1) is 6.54 Å². The van der Waals surface area contributed by atoms with Crippen LogP contribution < -0.4 is 0 Å². The molecule has 1 saturated heterocycles. The summed E-state index contributed by atoms with van der Waals surface area (Å²) in [6.07, 6.45) is 2.35. The molecule has 0 radical (unpaired) electrons. The smallest absolute Gasteiger partial charge is 0.411 e. The predicted molar refractivity (Wildman–Crippen MR) is 69.1 cm³/mol. The van der Waals surface area contributed by atoms with Crippen molar-refractivity contribution in [1.29, 1.82) is 0 Å². The predicted octanol–water partition coefficient (Wildman–Crippen LogP) is 1.87. The van der Waals surface area contributed by atoms with Gasteiger partial charge in [-0.3, -0.25) is 14.3 Å². The van der Waals surface area contributed by atoms with Gasteiger partial charge in [-0.25, -0.2) is 14.2 Å². The number of amides is 1. The molecule has 6 nitrogen and oxygen atoms in total. The molecule has 1 aromatic rings. The fourth-order valence-corrected chi connectivity index (χ4v) is 2.10. The highest BCUT2D eigenvalue weighted by Crippen LogP contribution is 2.24. The van der Waals surface area contributed by atoms with Crippen LogP contribution in [0.4, 0.5) is 9.18 Å². The number of likely N-dealkylation sites (tertiary alicyclic amines) is 1. The van der Waals surface area contributed by atoms with Crippen LogP contribution in [0.25, 0.3) is 0 Å². The van der Waals surface area contributed by atoms with Crippen LogP contribution in [0.15, 0.2) is 18.7 Å². The number of aromatic nitrogens is 2. The van der Waals surface area contributed by atoms with E-state index in [-0.39, 0.29) is 18.9 Å². The van der Waals surface area contributed by atoms with Gasteiger partial charge in [0, 0.05) is 18.8 Å². The Balaban J connectivity index is 2.14. The molecule has 0 spiro atoms. The fraction of sp³-hybridized carbons (Fsp3) is 0.615. The Labute approximate surface area is 116 Å². The highest BCUT2D eigenvalue weighted by Gasteiger charge is 2.42. The first-order valence-electron chi connectivity index (χ1n) is 6.44. The molecule has 110 valence electrons. The molecule has 2 rings (SSSR count). The van der Waals surface area contributed by atoms with Gasteiger partial charge in [-0.2, -0.15) is 0 Å². The van der Waals surface area contributed by atoms with Crippen LogP contribution in [0.1, 0.15) is 32.0 Å². The molecule has 1 amide bonds. The normalized spacial score (nSPS) is 22.9. The summed E-state index contributed by atoms with van der Waals surface area (Å²) in [7, 11) is 0. The van der Waals surface area contributed by atoms with Crippen LogP contribution >= 0.6 is 0 Å². The summed E-state index contributed by atoms with van der Waals surface area (Å²) in [6.45, 7) is 5.04. The van der Waals surface area contributed by atoms with Crippen LogP contribution in [0.5, 0.6) is 0 Å². The molecule has 0 saturated carbocycles. The Bertz CT molecular complexity index is 495. The molecule has 0 bridgehead atoms. The molecule has 1 aliphatic heterocycles. The average Bonchev–Trinajstić information content (AvgIpc) is 2.94. The zero-order valence-electron chi connectivity index (χ0n) is 11.7. The first kappa shape index (κ1) is 14.5. The maximum Gasteiger partial charge on any atom is 0.411 e. The van der Waals surface area contributed by atoms with Gasteiger partial charge in [0.25, 0.3) is 5.91 Å². The van der Waals surface area contributed by atoms with E-state index in [1.54, 1.807) is 20.8 Å². The first-order chi connectivity index (χ1) is 9.28.